The number of hydrogen-bond acceptors (Lipinski definition) is 2. The SMILES string of the molecule is CN1C(=O)CCC1C(=O)CCc1cccc(C(F)(F)F)c1Cl. The number of hydrogen-bond donors (Lipinski definition) is 0. The minimum absolute atomic E-state index is 0.0588. The van der Waals surface area contributed by atoms with Gasteiger partial charge in [0, 0.05) is 19.9 Å². The van der Waals surface area contributed by atoms with Crippen molar-refractivity contribution in [3.8, 4) is 0 Å². The number of rotatable bonds is 4. The fourth-order valence-corrected chi connectivity index (χ4v) is 2.92. The smallest absolute Gasteiger partial charge is 0.336 e. The predicted octanol–water partition coefficient (Wildman–Crippen LogP) is 3.48. The summed E-state index contributed by atoms with van der Waals surface area (Å²) in [5.41, 5.74) is -0.607. The third kappa shape index (κ3) is 3.43. The Kier molecular flexibility index (Phi) is 4.80. The molecule has 0 spiro atoms. The number of benzene rings is 1. The van der Waals surface area contributed by atoms with E-state index in [-0.39, 0.29) is 35.1 Å². The van der Waals surface area contributed by atoms with Gasteiger partial charge >= 0.3 is 6.18 Å². The van der Waals surface area contributed by atoms with Crippen molar-refractivity contribution in [1.82, 2.24) is 4.90 Å². The quantitative estimate of drug-likeness (QED) is 0.846. The fourth-order valence-electron chi connectivity index (χ4n) is 2.60. The van der Waals surface area contributed by atoms with Crippen LogP contribution in [0.2, 0.25) is 5.02 Å². The zero-order chi connectivity index (χ0) is 16.5. The highest BCUT2D eigenvalue weighted by molar-refractivity contribution is 6.32. The normalized spacial score (nSPS) is 18.9. The van der Waals surface area contributed by atoms with Gasteiger partial charge in [-0.1, -0.05) is 23.7 Å². The van der Waals surface area contributed by atoms with Crippen LogP contribution in [0.5, 0.6) is 0 Å². The van der Waals surface area contributed by atoms with E-state index in [9.17, 15) is 22.8 Å². The Bertz CT molecular complexity index is 601. The molecule has 120 valence electrons. The Hall–Kier alpha value is -1.56. The number of Topliss-reactive ketones (excluding diaryl/α,β-unsaturated/α-hetero) is 1. The molecule has 0 aromatic heterocycles. The number of alkyl halides is 3. The van der Waals surface area contributed by atoms with Crippen molar-refractivity contribution in [3.63, 3.8) is 0 Å². The molecule has 2 rings (SSSR count). The van der Waals surface area contributed by atoms with E-state index in [1.54, 1.807) is 7.05 Å². The topological polar surface area (TPSA) is 37.4 Å². The molecule has 0 bridgehead atoms. The molecule has 7 heteroatoms. The van der Waals surface area contributed by atoms with Crippen LogP contribution in [0.4, 0.5) is 13.2 Å². The molecule has 1 aromatic carbocycles. The van der Waals surface area contributed by atoms with Gasteiger partial charge in [-0.05, 0) is 24.5 Å². The summed E-state index contributed by atoms with van der Waals surface area (Å²) < 4.78 is 38.3. The average Bonchev–Trinajstić information content (AvgIpc) is 2.76. The van der Waals surface area contributed by atoms with Crippen LogP contribution in [-0.4, -0.2) is 29.7 Å². The second kappa shape index (κ2) is 6.28. The summed E-state index contributed by atoms with van der Waals surface area (Å²) in [5, 5.41) is -0.362. The minimum atomic E-state index is -4.52. The first-order valence-corrected chi connectivity index (χ1v) is 7.22. The average molecular weight is 334 g/mol. The van der Waals surface area contributed by atoms with Crippen molar-refractivity contribution < 1.29 is 22.8 Å². The molecule has 1 amide bonds. The van der Waals surface area contributed by atoms with Gasteiger partial charge in [-0.2, -0.15) is 13.2 Å². The molecule has 1 aliphatic heterocycles. The Balaban J connectivity index is 2.06. The number of likely N-dealkylation sites (N-methyl/N-ethyl adjacent to an activating group) is 1. The zero-order valence-corrected chi connectivity index (χ0v) is 12.7. The maximum atomic E-state index is 12.8. The molecule has 22 heavy (non-hydrogen) atoms. The maximum Gasteiger partial charge on any atom is 0.417 e. The zero-order valence-electron chi connectivity index (χ0n) is 11.9. The molecule has 1 saturated heterocycles. The lowest BCUT2D eigenvalue weighted by Gasteiger charge is -2.18. The van der Waals surface area contributed by atoms with Crippen LogP contribution in [-0.2, 0) is 22.2 Å². The number of amides is 1. The third-order valence-corrected chi connectivity index (χ3v) is 4.34. The summed E-state index contributed by atoms with van der Waals surface area (Å²) in [7, 11) is 1.56. The van der Waals surface area contributed by atoms with E-state index in [1.165, 1.54) is 17.0 Å². The number of carbonyl (C=O) groups is 2. The highest BCUT2D eigenvalue weighted by atomic mass is 35.5. The van der Waals surface area contributed by atoms with Crippen molar-refractivity contribution >= 4 is 23.3 Å². The molecule has 0 radical (unpaired) electrons. The van der Waals surface area contributed by atoms with Crippen LogP contribution in [0.25, 0.3) is 0 Å². The van der Waals surface area contributed by atoms with Crippen molar-refractivity contribution in [3.05, 3.63) is 34.3 Å². The van der Waals surface area contributed by atoms with Gasteiger partial charge < -0.3 is 4.90 Å². The molecule has 0 saturated carbocycles. The summed E-state index contributed by atoms with van der Waals surface area (Å²) >= 11 is 5.79. The lowest BCUT2D eigenvalue weighted by molar-refractivity contribution is -0.137. The Labute approximate surface area is 131 Å². The number of aryl methyl sites for hydroxylation is 1. The van der Waals surface area contributed by atoms with E-state index in [0.29, 0.717) is 12.8 Å². The van der Waals surface area contributed by atoms with Crippen molar-refractivity contribution in [2.75, 3.05) is 7.05 Å². The van der Waals surface area contributed by atoms with Crippen LogP contribution in [0.15, 0.2) is 18.2 Å². The molecule has 1 fully saturated rings. The lowest BCUT2D eigenvalue weighted by atomic mass is 10.0. The van der Waals surface area contributed by atoms with Crippen molar-refractivity contribution in [1.29, 1.82) is 0 Å². The van der Waals surface area contributed by atoms with E-state index in [1.807, 2.05) is 0 Å². The van der Waals surface area contributed by atoms with E-state index < -0.39 is 17.8 Å². The molecule has 1 aromatic rings. The number of halogens is 4. The second-order valence-corrected chi connectivity index (χ2v) is 5.68. The minimum Gasteiger partial charge on any atom is -0.336 e. The molecule has 1 unspecified atom stereocenters. The first-order chi connectivity index (χ1) is 10.2. The van der Waals surface area contributed by atoms with Gasteiger partial charge in [-0.25, -0.2) is 0 Å². The molecular formula is C15H15ClF3NO2. The second-order valence-electron chi connectivity index (χ2n) is 5.30. The van der Waals surface area contributed by atoms with E-state index >= 15 is 0 Å². The standard InChI is InChI=1S/C15H15ClF3NO2/c1-20-11(6-8-13(20)22)12(21)7-5-9-3-2-4-10(14(9)16)15(17,18)19/h2-4,11H,5-8H2,1H3. The largest absolute Gasteiger partial charge is 0.417 e. The van der Waals surface area contributed by atoms with E-state index in [0.717, 1.165) is 6.07 Å². The predicted molar refractivity (Wildman–Crippen MR) is 75.6 cm³/mol. The van der Waals surface area contributed by atoms with Crippen molar-refractivity contribution in [2.45, 2.75) is 37.9 Å². The lowest BCUT2D eigenvalue weighted by Crippen LogP contribution is -2.35. The van der Waals surface area contributed by atoms with Crippen LogP contribution < -0.4 is 0 Å². The van der Waals surface area contributed by atoms with Gasteiger partial charge in [0.1, 0.15) is 0 Å². The summed E-state index contributed by atoms with van der Waals surface area (Å²) in [5.74, 6) is -0.239. The fraction of sp³-hybridized carbons (Fsp3) is 0.467. The monoisotopic (exact) mass is 333 g/mol. The third-order valence-electron chi connectivity index (χ3n) is 3.89. The molecule has 1 aliphatic rings. The van der Waals surface area contributed by atoms with Gasteiger partial charge in [0.15, 0.2) is 5.78 Å². The highest BCUT2D eigenvalue weighted by Crippen LogP contribution is 2.36. The van der Waals surface area contributed by atoms with Gasteiger partial charge in [0.25, 0.3) is 0 Å². The summed E-state index contributed by atoms with van der Waals surface area (Å²) in [6, 6.07) is 3.20. The highest BCUT2D eigenvalue weighted by Gasteiger charge is 2.35. The van der Waals surface area contributed by atoms with Gasteiger partial charge in [0.2, 0.25) is 5.91 Å². The Morgan fingerprint density at radius 1 is 1.41 bits per heavy atom. The number of ketones is 1. The number of carbonyl (C=O) groups excluding carboxylic acids is 2. The number of likely N-dealkylation sites (tertiary alicyclic amines) is 1. The molecule has 3 nitrogen and oxygen atoms in total. The Morgan fingerprint density at radius 3 is 2.64 bits per heavy atom. The van der Waals surface area contributed by atoms with Crippen LogP contribution in [0.3, 0.4) is 0 Å². The van der Waals surface area contributed by atoms with Crippen LogP contribution in [0, 0.1) is 0 Å². The van der Waals surface area contributed by atoms with Gasteiger partial charge in [-0.15, -0.1) is 0 Å². The first-order valence-electron chi connectivity index (χ1n) is 6.84. The summed E-state index contributed by atoms with van der Waals surface area (Å²) in [6.45, 7) is 0. The molecule has 0 aliphatic carbocycles. The molecular weight excluding hydrogens is 319 g/mol. The summed E-state index contributed by atoms with van der Waals surface area (Å²) in [4.78, 5) is 24.9. The van der Waals surface area contributed by atoms with Crippen molar-refractivity contribution in [2.24, 2.45) is 0 Å². The Morgan fingerprint density at radius 2 is 2.09 bits per heavy atom. The summed E-state index contributed by atoms with van der Waals surface area (Å²) in [6.07, 6.45) is -3.54. The molecule has 1 atom stereocenters. The van der Waals surface area contributed by atoms with E-state index in [4.69, 9.17) is 11.6 Å². The number of nitrogens with zero attached hydrogens (tertiary/aromatic N) is 1. The van der Waals surface area contributed by atoms with Gasteiger partial charge in [-0.3, -0.25) is 9.59 Å². The van der Waals surface area contributed by atoms with Crippen LogP contribution >= 0.6 is 11.6 Å². The first kappa shape index (κ1) is 16.8. The van der Waals surface area contributed by atoms with Gasteiger partial charge in [0.05, 0.1) is 16.6 Å². The van der Waals surface area contributed by atoms with Crippen LogP contribution in [0.1, 0.15) is 30.4 Å². The maximum absolute atomic E-state index is 12.8. The molecule has 0 N–H and O–H groups in total. The molecule has 1 heterocycles. The van der Waals surface area contributed by atoms with E-state index in [2.05, 4.69) is 0 Å².